The Labute approximate surface area is 164 Å². The minimum absolute atomic E-state index is 0.311. The van der Waals surface area contributed by atoms with Gasteiger partial charge in [-0.3, -0.25) is 4.40 Å². The van der Waals surface area contributed by atoms with Crippen LogP contribution in [0.1, 0.15) is 24.1 Å². The van der Waals surface area contributed by atoms with Gasteiger partial charge in [0.05, 0.1) is 25.9 Å². The first kappa shape index (κ1) is 18.5. The number of ether oxygens (including phenoxy) is 1. The predicted molar refractivity (Wildman–Crippen MR) is 104 cm³/mol. The Hall–Kier alpha value is -2.86. The van der Waals surface area contributed by atoms with Gasteiger partial charge in [-0.1, -0.05) is 6.07 Å². The van der Waals surface area contributed by atoms with Crippen molar-refractivity contribution in [2.75, 3.05) is 20.2 Å². The normalized spacial score (nSPS) is 19.6. The van der Waals surface area contributed by atoms with E-state index in [4.69, 9.17) is 9.72 Å². The second kappa shape index (κ2) is 7.64. The van der Waals surface area contributed by atoms with E-state index in [1.54, 1.807) is 7.11 Å². The third-order valence-electron chi connectivity index (χ3n) is 5.75. The lowest BCUT2D eigenvalue weighted by Crippen LogP contribution is -3.12. The quantitative estimate of drug-likeness (QED) is 0.714. The Morgan fingerprint density at radius 2 is 1.96 bits per heavy atom. The minimum Gasteiger partial charge on any atom is -0.550 e. The van der Waals surface area contributed by atoms with Gasteiger partial charge in [-0.2, -0.15) is 0 Å². The molecule has 0 saturated carbocycles. The fourth-order valence-corrected chi connectivity index (χ4v) is 4.08. The van der Waals surface area contributed by atoms with Gasteiger partial charge in [0.25, 0.3) is 0 Å². The predicted octanol–water partition coefficient (Wildman–Crippen LogP) is 0.863. The standard InChI is InChI=1S/C22H25N3O3/c1-15-4-3-11-25-19(14-24-12-9-17(10-13-24)22(26)27)20(23-21(15)25)16-5-7-18(28-2)8-6-16/h3-8,11,17H,9-10,12-14H2,1-2H3,(H,26,27). The molecule has 1 aliphatic heterocycles. The number of benzene rings is 1. The lowest BCUT2D eigenvalue weighted by atomic mass is 9.97. The molecule has 146 valence electrons. The maximum absolute atomic E-state index is 11.1. The van der Waals surface area contributed by atoms with Gasteiger partial charge in [0.1, 0.15) is 23.6 Å². The third-order valence-corrected chi connectivity index (χ3v) is 5.75. The van der Waals surface area contributed by atoms with E-state index in [1.165, 1.54) is 4.90 Å². The number of carbonyl (C=O) groups excluding carboxylic acids is 1. The van der Waals surface area contributed by atoms with Gasteiger partial charge in [0.15, 0.2) is 0 Å². The van der Waals surface area contributed by atoms with Crippen LogP contribution < -0.4 is 14.7 Å². The largest absolute Gasteiger partial charge is 0.550 e. The smallest absolute Gasteiger partial charge is 0.140 e. The number of likely N-dealkylation sites (tertiary alicyclic amines) is 1. The summed E-state index contributed by atoms with van der Waals surface area (Å²) in [6.07, 6.45) is 3.40. The van der Waals surface area contributed by atoms with Crippen molar-refractivity contribution in [2.45, 2.75) is 26.3 Å². The lowest BCUT2D eigenvalue weighted by molar-refractivity contribution is -0.919. The Morgan fingerprint density at radius 1 is 1.25 bits per heavy atom. The van der Waals surface area contributed by atoms with Gasteiger partial charge in [0, 0.05) is 36.5 Å². The van der Waals surface area contributed by atoms with E-state index in [2.05, 4.69) is 23.6 Å². The number of carbonyl (C=O) groups is 1. The van der Waals surface area contributed by atoms with Crippen LogP contribution in [0.15, 0.2) is 42.6 Å². The molecule has 3 aromatic rings. The Balaban J connectivity index is 1.69. The molecule has 0 aliphatic carbocycles. The number of aliphatic carboxylic acids is 1. The molecule has 6 nitrogen and oxygen atoms in total. The van der Waals surface area contributed by atoms with E-state index in [-0.39, 0.29) is 5.92 Å². The molecule has 0 radical (unpaired) electrons. The van der Waals surface area contributed by atoms with E-state index in [0.717, 1.165) is 53.5 Å². The SMILES string of the molecule is COc1ccc(-c2nc3c(C)cccn3c2C[NH+]2CCC(C(=O)[O-])CC2)cc1. The summed E-state index contributed by atoms with van der Waals surface area (Å²) >= 11 is 0. The van der Waals surface area contributed by atoms with Crippen LogP contribution in [-0.2, 0) is 11.3 Å². The van der Waals surface area contributed by atoms with E-state index >= 15 is 0 Å². The molecule has 2 aromatic heterocycles. The number of piperidine rings is 1. The van der Waals surface area contributed by atoms with Gasteiger partial charge in [-0.15, -0.1) is 0 Å². The number of aryl methyl sites for hydroxylation is 1. The van der Waals surface area contributed by atoms with Crippen LogP contribution in [-0.4, -0.2) is 35.6 Å². The van der Waals surface area contributed by atoms with Crippen molar-refractivity contribution in [1.29, 1.82) is 0 Å². The monoisotopic (exact) mass is 379 g/mol. The summed E-state index contributed by atoms with van der Waals surface area (Å²) < 4.78 is 7.45. The molecular formula is C22H25N3O3. The van der Waals surface area contributed by atoms with Crippen molar-refractivity contribution in [1.82, 2.24) is 9.38 Å². The number of hydrogen-bond acceptors (Lipinski definition) is 4. The van der Waals surface area contributed by atoms with Crippen molar-refractivity contribution >= 4 is 11.6 Å². The van der Waals surface area contributed by atoms with Crippen LogP contribution >= 0.6 is 0 Å². The van der Waals surface area contributed by atoms with Crippen molar-refractivity contribution < 1.29 is 19.5 Å². The Bertz CT molecular complexity index is 986. The van der Waals surface area contributed by atoms with E-state index in [9.17, 15) is 9.90 Å². The fourth-order valence-electron chi connectivity index (χ4n) is 4.08. The first-order valence-corrected chi connectivity index (χ1v) is 9.72. The number of quaternary nitrogens is 1. The average Bonchev–Trinajstić information content (AvgIpc) is 3.08. The van der Waals surface area contributed by atoms with Gasteiger partial charge < -0.3 is 19.5 Å². The molecule has 0 bridgehead atoms. The second-order valence-corrected chi connectivity index (χ2v) is 7.54. The van der Waals surface area contributed by atoms with Crippen LogP contribution in [0.25, 0.3) is 16.9 Å². The number of methoxy groups -OCH3 is 1. The molecule has 0 amide bonds. The first-order chi connectivity index (χ1) is 13.6. The number of nitrogens with one attached hydrogen (secondary N) is 1. The minimum atomic E-state index is -0.914. The summed E-state index contributed by atoms with van der Waals surface area (Å²) in [7, 11) is 1.66. The number of rotatable bonds is 5. The van der Waals surface area contributed by atoms with Crippen LogP contribution in [0.3, 0.4) is 0 Å². The molecule has 0 atom stereocenters. The van der Waals surface area contributed by atoms with Crippen molar-refractivity contribution in [3.8, 4) is 17.0 Å². The number of carboxylic acids is 1. The summed E-state index contributed by atoms with van der Waals surface area (Å²) in [6.45, 7) is 4.55. The van der Waals surface area contributed by atoms with Gasteiger partial charge in [-0.05, 0) is 42.8 Å². The third kappa shape index (κ3) is 3.47. The molecule has 1 aliphatic rings. The molecule has 4 rings (SSSR count). The number of fused-ring (bicyclic) bond motifs is 1. The first-order valence-electron chi connectivity index (χ1n) is 9.72. The van der Waals surface area contributed by atoms with Crippen LogP contribution in [0, 0.1) is 12.8 Å². The highest BCUT2D eigenvalue weighted by molar-refractivity contribution is 5.68. The van der Waals surface area contributed by atoms with Crippen molar-refractivity contribution in [3.63, 3.8) is 0 Å². The number of pyridine rings is 1. The van der Waals surface area contributed by atoms with E-state index in [0.29, 0.717) is 12.8 Å². The van der Waals surface area contributed by atoms with E-state index in [1.807, 2.05) is 30.3 Å². The van der Waals surface area contributed by atoms with Crippen molar-refractivity contribution in [2.24, 2.45) is 5.92 Å². The average molecular weight is 379 g/mol. The molecule has 0 unspecified atom stereocenters. The molecule has 1 N–H and O–H groups in total. The fraction of sp³-hybridized carbons (Fsp3) is 0.364. The zero-order chi connectivity index (χ0) is 19.7. The summed E-state index contributed by atoms with van der Waals surface area (Å²) in [6, 6.07) is 12.1. The summed E-state index contributed by atoms with van der Waals surface area (Å²) in [4.78, 5) is 17.5. The molecule has 28 heavy (non-hydrogen) atoms. The molecule has 1 fully saturated rings. The van der Waals surface area contributed by atoms with Crippen LogP contribution in [0.5, 0.6) is 5.75 Å². The molecular weight excluding hydrogens is 354 g/mol. The van der Waals surface area contributed by atoms with Crippen LogP contribution in [0.2, 0.25) is 0 Å². The zero-order valence-corrected chi connectivity index (χ0v) is 16.3. The Kier molecular flexibility index (Phi) is 5.05. The van der Waals surface area contributed by atoms with Crippen LogP contribution in [0.4, 0.5) is 0 Å². The summed E-state index contributed by atoms with van der Waals surface area (Å²) in [5.74, 6) is -0.405. The van der Waals surface area contributed by atoms with Crippen molar-refractivity contribution in [3.05, 3.63) is 53.9 Å². The maximum Gasteiger partial charge on any atom is 0.140 e. The number of hydrogen-bond donors (Lipinski definition) is 1. The second-order valence-electron chi connectivity index (χ2n) is 7.54. The maximum atomic E-state index is 11.1. The number of aromatic nitrogens is 2. The zero-order valence-electron chi connectivity index (χ0n) is 16.3. The topological polar surface area (TPSA) is 71.1 Å². The highest BCUT2D eigenvalue weighted by Gasteiger charge is 2.26. The molecule has 1 saturated heterocycles. The molecule has 3 heterocycles. The summed E-state index contributed by atoms with van der Waals surface area (Å²) in [5.41, 5.74) is 5.29. The highest BCUT2D eigenvalue weighted by atomic mass is 16.5. The summed E-state index contributed by atoms with van der Waals surface area (Å²) in [5, 5.41) is 11.1. The lowest BCUT2D eigenvalue weighted by Gasteiger charge is -2.29. The molecule has 6 heteroatoms. The number of nitrogens with zero attached hydrogens (tertiary/aromatic N) is 2. The number of imidazole rings is 1. The van der Waals surface area contributed by atoms with Gasteiger partial charge in [-0.25, -0.2) is 4.98 Å². The number of carboxylic acid groups (broad SMARTS) is 1. The van der Waals surface area contributed by atoms with Gasteiger partial charge >= 0.3 is 0 Å². The molecule has 1 aromatic carbocycles. The molecule has 0 spiro atoms. The van der Waals surface area contributed by atoms with Gasteiger partial charge in [0.2, 0.25) is 0 Å². The Morgan fingerprint density at radius 3 is 2.61 bits per heavy atom. The highest BCUT2D eigenvalue weighted by Crippen LogP contribution is 2.27. The van der Waals surface area contributed by atoms with E-state index < -0.39 is 5.97 Å².